The lowest BCUT2D eigenvalue weighted by Gasteiger charge is -2.36. The van der Waals surface area contributed by atoms with Crippen LogP contribution in [0.5, 0.6) is 5.75 Å². The standard InChI is InChI=1S/C19H24N2O6/c1-3-26-18(23)8-9-19(24)27-14-17(22)21-12-10-20(11-13-21)15-6-4-5-7-16(15)25-2/h4-9H,3,10-14H2,1-2H3/b9-8+. The number of carbonyl (C=O) groups excluding carboxylic acids is 3. The molecule has 1 amide bonds. The molecular weight excluding hydrogens is 352 g/mol. The first kappa shape index (κ1) is 20.3. The van der Waals surface area contributed by atoms with Gasteiger partial charge in [-0.2, -0.15) is 0 Å². The summed E-state index contributed by atoms with van der Waals surface area (Å²) in [6.07, 6.45) is 1.92. The molecule has 0 radical (unpaired) electrons. The minimum Gasteiger partial charge on any atom is -0.495 e. The number of benzene rings is 1. The van der Waals surface area contributed by atoms with Crippen LogP contribution in [0, 0.1) is 0 Å². The number of rotatable bonds is 7. The van der Waals surface area contributed by atoms with Crippen LogP contribution in [0.15, 0.2) is 36.4 Å². The topological polar surface area (TPSA) is 85.4 Å². The van der Waals surface area contributed by atoms with Crippen LogP contribution in [-0.2, 0) is 23.9 Å². The molecular formula is C19H24N2O6. The molecule has 2 rings (SSSR count). The maximum Gasteiger partial charge on any atom is 0.331 e. The Bertz CT molecular complexity index is 695. The van der Waals surface area contributed by atoms with Crippen molar-refractivity contribution in [1.29, 1.82) is 0 Å². The molecule has 1 fully saturated rings. The van der Waals surface area contributed by atoms with Gasteiger partial charge in [-0.15, -0.1) is 0 Å². The molecule has 0 bridgehead atoms. The van der Waals surface area contributed by atoms with Crippen LogP contribution in [0.3, 0.4) is 0 Å². The zero-order chi connectivity index (χ0) is 19.6. The molecule has 1 saturated heterocycles. The molecule has 27 heavy (non-hydrogen) atoms. The number of piperazine rings is 1. The zero-order valence-electron chi connectivity index (χ0n) is 15.6. The van der Waals surface area contributed by atoms with E-state index in [0.29, 0.717) is 26.2 Å². The van der Waals surface area contributed by atoms with Crippen molar-refractivity contribution in [2.75, 3.05) is 51.4 Å². The Morgan fingerprint density at radius 1 is 1.00 bits per heavy atom. The van der Waals surface area contributed by atoms with Crippen molar-refractivity contribution >= 4 is 23.5 Å². The van der Waals surface area contributed by atoms with Gasteiger partial charge in [0.15, 0.2) is 6.61 Å². The van der Waals surface area contributed by atoms with E-state index < -0.39 is 11.9 Å². The Kier molecular flexibility index (Phi) is 7.66. The number of carbonyl (C=O) groups is 3. The second kappa shape index (κ2) is 10.2. The van der Waals surface area contributed by atoms with Crippen LogP contribution in [0.1, 0.15) is 6.92 Å². The molecule has 1 aromatic rings. The Hall–Kier alpha value is -3.03. The summed E-state index contributed by atoms with van der Waals surface area (Å²) in [6.45, 7) is 3.88. The van der Waals surface area contributed by atoms with Crippen molar-refractivity contribution in [2.45, 2.75) is 6.92 Å². The number of anilines is 1. The van der Waals surface area contributed by atoms with Gasteiger partial charge in [-0.3, -0.25) is 4.79 Å². The minimum absolute atomic E-state index is 0.220. The normalized spacial score (nSPS) is 14.1. The van der Waals surface area contributed by atoms with Crippen molar-refractivity contribution in [3.63, 3.8) is 0 Å². The highest BCUT2D eigenvalue weighted by molar-refractivity contribution is 5.92. The van der Waals surface area contributed by atoms with E-state index in [2.05, 4.69) is 9.64 Å². The molecule has 0 aliphatic carbocycles. The molecule has 0 N–H and O–H groups in total. The van der Waals surface area contributed by atoms with Crippen LogP contribution in [0.2, 0.25) is 0 Å². The lowest BCUT2D eigenvalue weighted by molar-refractivity contribution is -0.148. The first-order valence-electron chi connectivity index (χ1n) is 8.72. The fraction of sp³-hybridized carbons (Fsp3) is 0.421. The van der Waals surface area contributed by atoms with Crippen LogP contribution in [0.25, 0.3) is 0 Å². The summed E-state index contributed by atoms with van der Waals surface area (Å²) in [4.78, 5) is 38.7. The zero-order valence-corrected chi connectivity index (χ0v) is 15.6. The fourth-order valence-corrected chi connectivity index (χ4v) is 2.69. The van der Waals surface area contributed by atoms with Gasteiger partial charge in [0.2, 0.25) is 0 Å². The lowest BCUT2D eigenvalue weighted by Crippen LogP contribution is -2.50. The maximum absolute atomic E-state index is 12.2. The molecule has 1 aromatic carbocycles. The number of ether oxygens (including phenoxy) is 3. The Morgan fingerprint density at radius 2 is 1.63 bits per heavy atom. The molecule has 8 nitrogen and oxygen atoms in total. The van der Waals surface area contributed by atoms with Gasteiger partial charge in [-0.1, -0.05) is 12.1 Å². The van der Waals surface area contributed by atoms with Gasteiger partial charge in [-0.05, 0) is 19.1 Å². The van der Waals surface area contributed by atoms with Crippen LogP contribution in [0.4, 0.5) is 5.69 Å². The Morgan fingerprint density at radius 3 is 2.26 bits per heavy atom. The van der Waals surface area contributed by atoms with Gasteiger partial charge >= 0.3 is 11.9 Å². The molecule has 0 saturated carbocycles. The minimum atomic E-state index is -0.760. The first-order chi connectivity index (χ1) is 13.0. The molecule has 1 aliphatic heterocycles. The third-order valence-electron chi connectivity index (χ3n) is 4.04. The number of methoxy groups -OCH3 is 1. The molecule has 0 spiro atoms. The van der Waals surface area contributed by atoms with E-state index in [9.17, 15) is 14.4 Å². The van der Waals surface area contributed by atoms with Crippen molar-refractivity contribution in [1.82, 2.24) is 4.90 Å². The lowest BCUT2D eigenvalue weighted by atomic mass is 10.2. The summed E-state index contributed by atoms with van der Waals surface area (Å²) in [5, 5.41) is 0. The van der Waals surface area contributed by atoms with E-state index in [1.165, 1.54) is 0 Å². The Balaban J connectivity index is 1.78. The van der Waals surface area contributed by atoms with Crippen molar-refractivity contribution in [3.05, 3.63) is 36.4 Å². The summed E-state index contributed by atoms with van der Waals surface area (Å²) < 4.78 is 14.9. The highest BCUT2D eigenvalue weighted by Crippen LogP contribution is 2.28. The Labute approximate surface area is 158 Å². The van der Waals surface area contributed by atoms with Crippen molar-refractivity contribution < 1.29 is 28.6 Å². The van der Waals surface area contributed by atoms with E-state index in [0.717, 1.165) is 23.6 Å². The number of para-hydroxylation sites is 2. The van der Waals surface area contributed by atoms with Gasteiger partial charge in [0.1, 0.15) is 5.75 Å². The highest BCUT2D eigenvalue weighted by atomic mass is 16.5. The second-order valence-corrected chi connectivity index (χ2v) is 5.73. The van der Waals surface area contributed by atoms with Gasteiger partial charge in [-0.25, -0.2) is 9.59 Å². The number of amides is 1. The van der Waals surface area contributed by atoms with E-state index in [1.54, 1.807) is 18.9 Å². The van der Waals surface area contributed by atoms with Gasteiger partial charge in [0, 0.05) is 38.3 Å². The van der Waals surface area contributed by atoms with Crippen LogP contribution < -0.4 is 9.64 Å². The SMILES string of the molecule is CCOC(=O)/C=C/C(=O)OCC(=O)N1CCN(c2ccccc2OC)CC1. The molecule has 1 aliphatic rings. The molecule has 0 unspecified atom stereocenters. The summed E-state index contributed by atoms with van der Waals surface area (Å²) >= 11 is 0. The average Bonchev–Trinajstić information content (AvgIpc) is 2.70. The molecule has 1 heterocycles. The molecule has 0 aromatic heterocycles. The van der Waals surface area contributed by atoms with E-state index in [4.69, 9.17) is 9.47 Å². The summed E-state index contributed by atoms with van der Waals surface area (Å²) in [6, 6.07) is 7.73. The van der Waals surface area contributed by atoms with Crippen LogP contribution >= 0.6 is 0 Å². The van der Waals surface area contributed by atoms with E-state index in [-0.39, 0.29) is 19.1 Å². The highest BCUT2D eigenvalue weighted by Gasteiger charge is 2.23. The predicted molar refractivity (Wildman–Crippen MR) is 98.5 cm³/mol. The molecule has 146 valence electrons. The summed E-state index contributed by atoms with van der Waals surface area (Å²) in [5.41, 5.74) is 0.989. The smallest absolute Gasteiger partial charge is 0.331 e. The first-order valence-corrected chi connectivity index (χ1v) is 8.72. The number of esters is 2. The monoisotopic (exact) mass is 376 g/mol. The van der Waals surface area contributed by atoms with Gasteiger partial charge in [0.05, 0.1) is 19.4 Å². The molecule has 8 heteroatoms. The quantitative estimate of drug-likeness (QED) is 0.518. The second-order valence-electron chi connectivity index (χ2n) is 5.73. The third-order valence-corrected chi connectivity index (χ3v) is 4.04. The maximum atomic E-state index is 12.2. The fourth-order valence-electron chi connectivity index (χ4n) is 2.69. The summed E-state index contributed by atoms with van der Waals surface area (Å²) in [7, 11) is 1.63. The number of hydrogen-bond donors (Lipinski definition) is 0. The van der Waals surface area contributed by atoms with Gasteiger partial charge in [0.25, 0.3) is 5.91 Å². The molecule has 0 atom stereocenters. The largest absolute Gasteiger partial charge is 0.495 e. The number of hydrogen-bond acceptors (Lipinski definition) is 7. The average molecular weight is 376 g/mol. The van der Waals surface area contributed by atoms with Crippen molar-refractivity contribution in [2.24, 2.45) is 0 Å². The third kappa shape index (κ3) is 6.02. The number of nitrogens with zero attached hydrogens (tertiary/aromatic N) is 2. The van der Waals surface area contributed by atoms with Crippen molar-refractivity contribution in [3.8, 4) is 5.75 Å². The van der Waals surface area contributed by atoms with Crippen LogP contribution in [-0.4, -0.2) is 69.2 Å². The predicted octanol–water partition coefficient (Wildman–Crippen LogP) is 1.01. The van der Waals surface area contributed by atoms with E-state index in [1.807, 2.05) is 24.3 Å². The van der Waals surface area contributed by atoms with E-state index >= 15 is 0 Å². The summed E-state index contributed by atoms with van der Waals surface area (Å²) in [5.74, 6) is -0.871. The van der Waals surface area contributed by atoms with Gasteiger partial charge < -0.3 is 24.0 Å².